The number of aromatic hydroxyl groups is 2. The third-order valence-electron chi connectivity index (χ3n) is 5.32. The van der Waals surface area contributed by atoms with E-state index in [0.29, 0.717) is 12.2 Å². The number of phenols is 2. The smallest absolute Gasteiger partial charge is 0.262 e. The van der Waals surface area contributed by atoms with Gasteiger partial charge in [-0.2, -0.15) is 4.98 Å². The molecule has 8 heteroatoms. The van der Waals surface area contributed by atoms with E-state index in [1.54, 1.807) is 11.1 Å². The number of amides is 1. The first-order valence-electron chi connectivity index (χ1n) is 9.49. The number of H-pyrrole nitrogens is 1. The van der Waals surface area contributed by atoms with Crippen molar-refractivity contribution < 1.29 is 15.0 Å². The van der Waals surface area contributed by atoms with E-state index in [-0.39, 0.29) is 28.3 Å². The Bertz CT molecular complexity index is 1300. The molecule has 3 heterocycles. The van der Waals surface area contributed by atoms with Gasteiger partial charge in [-0.25, -0.2) is 4.98 Å². The summed E-state index contributed by atoms with van der Waals surface area (Å²) in [5, 5.41) is 20.6. The molecular formula is C22H17ClN4O3. The molecule has 2 aromatic carbocycles. The largest absolute Gasteiger partial charge is 0.508 e. The summed E-state index contributed by atoms with van der Waals surface area (Å²) in [6.07, 6.45) is 3.41. The van der Waals surface area contributed by atoms with Crippen molar-refractivity contribution in [3.8, 4) is 22.8 Å². The van der Waals surface area contributed by atoms with Gasteiger partial charge >= 0.3 is 0 Å². The number of phenolic OH excluding ortho intramolecular Hbond substituents is 2. The number of aryl methyl sites for hydroxylation is 1. The van der Waals surface area contributed by atoms with Crippen LogP contribution in [0.1, 0.15) is 22.3 Å². The minimum absolute atomic E-state index is 0.0904. The Morgan fingerprint density at radius 2 is 1.97 bits per heavy atom. The number of nitrogens with one attached hydrogen (secondary N) is 1. The highest BCUT2D eigenvalue weighted by Gasteiger charge is 2.26. The van der Waals surface area contributed by atoms with Gasteiger partial charge in [0.15, 0.2) is 0 Å². The van der Waals surface area contributed by atoms with E-state index >= 15 is 0 Å². The van der Waals surface area contributed by atoms with Gasteiger partial charge in [-0.3, -0.25) is 4.79 Å². The Balaban J connectivity index is 1.56. The quantitative estimate of drug-likeness (QED) is 0.420. The first-order chi connectivity index (χ1) is 14.5. The third kappa shape index (κ3) is 3.04. The summed E-state index contributed by atoms with van der Waals surface area (Å²) in [4.78, 5) is 26.4. The van der Waals surface area contributed by atoms with Crippen molar-refractivity contribution in [2.24, 2.45) is 0 Å². The molecule has 1 aliphatic heterocycles. The molecule has 2 aromatic heterocycles. The van der Waals surface area contributed by atoms with Crippen molar-refractivity contribution in [3.63, 3.8) is 0 Å². The van der Waals surface area contributed by atoms with Crippen LogP contribution in [0.5, 0.6) is 11.5 Å². The fourth-order valence-corrected chi connectivity index (χ4v) is 4.10. The van der Waals surface area contributed by atoms with Gasteiger partial charge < -0.3 is 20.1 Å². The van der Waals surface area contributed by atoms with Gasteiger partial charge in [0.1, 0.15) is 17.1 Å². The van der Waals surface area contributed by atoms with Gasteiger partial charge in [-0.15, -0.1) is 0 Å². The zero-order valence-electron chi connectivity index (χ0n) is 15.8. The van der Waals surface area contributed by atoms with E-state index in [4.69, 9.17) is 11.6 Å². The maximum atomic E-state index is 13.1. The number of halogens is 1. The molecule has 0 saturated heterocycles. The predicted molar refractivity (Wildman–Crippen MR) is 114 cm³/mol. The minimum atomic E-state index is -0.306. The van der Waals surface area contributed by atoms with Crippen molar-refractivity contribution >= 4 is 34.2 Å². The van der Waals surface area contributed by atoms with E-state index in [1.807, 2.05) is 24.3 Å². The summed E-state index contributed by atoms with van der Waals surface area (Å²) < 4.78 is 0. The molecule has 4 aromatic rings. The topological polar surface area (TPSA) is 102 Å². The second kappa shape index (κ2) is 7.03. The number of anilines is 1. The maximum Gasteiger partial charge on any atom is 0.262 e. The summed E-state index contributed by atoms with van der Waals surface area (Å²) in [6.45, 7) is 0.548. The molecule has 150 valence electrons. The van der Waals surface area contributed by atoms with Crippen LogP contribution in [0.25, 0.3) is 22.3 Å². The van der Waals surface area contributed by atoms with E-state index in [0.717, 1.165) is 40.7 Å². The molecule has 1 amide bonds. The average Bonchev–Trinajstić information content (AvgIpc) is 3.20. The number of hydrogen-bond donors (Lipinski definition) is 3. The third-order valence-corrected chi connectivity index (χ3v) is 5.49. The van der Waals surface area contributed by atoms with Crippen LogP contribution in [0.4, 0.5) is 5.69 Å². The summed E-state index contributed by atoms with van der Waals surface area (Å²) in [7, 11) is 0. The zero-order valence-corrected chi connectivity index (χ0v) is 16.5. The highest BCUT2D eigenvalue weighted by atomic mass is 35.5. The van der Waals surface area contributed by atoms with Crippen LogP contribution in [0, 0.1) is 0 Å². The molecular weight excluding hydrogens is 404 g/mol. The lowest BCUT2D eigenvalue weighted by Crippen LogP contribution is -2.35. The number of carbonyl (C=O) groups excluding carboxylic acids is 1. The van der Waals surface area contributed by atoms with Crippen LogP contribution in [-0.4, -0.2) is 37.6 Å². The number of benzene rings is 2. The molecule has 3 N–H and O–H groups in total. The van der Waals surface area contributed by atoms with E-state index in [2.05, 4.69) is 15.0 Å². The molecule has 0 atom stereocenters. The van der Waals surface area contributed by atoms with Crippen LogP contribution < -0.4 is 4.90 Å². The van der Waals surface area contributed by atoms with Crippen LogP contribution in [0.15, 0.2) is 48.7 Å². The highest BCUT2D eigenvalue weighted by Crippen LogP contribution is 2.35. The molecule has 0 unspecified atom stereocenters. The standard InChI is InChI=1S/C22H17ClN4O3/c23-22-25-19(16-7-8-24-20(16)26-22)13-3-6-17-12(10-13)2-1-9-27(17)21(30)15-5-4-14(28)11-18(15)29/h3-8,10-11,28-29H,1-2,9H2,(H,24,25,26). The van der Waals surface area contributed by atoms with Gasteiger partial charge in [0.2, 0.25) is 5.28 Å². The number of nitrogens with zero attached hydrogens (tertiary/aromatic N) is 3. The normalized spacial score (nSPS) is 13.4. The van der Waals surface area contributed by atoms with Gasteiger partial charge in [0.05, 0.1) is 11.3 Å². The summed E-state index contributed by atoms with van der Waals surface area (Å²) in [5.41, 5.74) is 4.26. The summed E-state index contributed by atoms with van der Waals surface area (Å²) in [5.74, 6) is -0.638. The van der Waals surface area contributed by atoms with Crippen LogP contribution in [0.3, 0.4) is 0 Å². The van der Waals surface area contributed by atoms with Crippen molar-refractivity contribution in [1.29, 1.82) is 0 Å². The Morgan fingerprint density at radius 1 is 1.10 bits per heavy atom. The van der Waals surface area contributed by atoms with E-state index in [9.17, 15) is 15.0 Å². The predicted octanol–water partition coefficient (Wildman–Crippen LogP) is 4.28. The Kier molecular flexibility index (Phi) is 4.33. The van der Waals surface area contributed by atoms with Crippen molar-refractivity contribution in [2.75, 3.05) is 11.4 Å². The number of hydrogen-bond acceptors (Lipinski definition) is 5. The molecule has 1 aliphatic rings. The van der Waals surface area contributed by atoms with Crippen LogP contribution >= 0.6 is 11.6 Å². The second-order valence-corrected chi connectivity index (χ2v) is 7.52. The Labute approximate surface area is 176 Å². The fraction of sp³-hybridized carbons (Fsp3) is 0.136. The zero-order chi connectivity index (χ0) is 20.8. The van der Waals surface area contributed by atoms with E-state index in [1.165, 1.54) is 18.2 Å². The van der Waals surface area contributed by atoms with Gasteiger partial charge in [-0.1, -0.05) is 6.07 Å². The van der Waals surface area contributed by atoms with Gasteiger partial charge in [0, 0.05) is 35.4 Å². The molecule has 0 aliphatic carbocycles. The molecule has 0 radical (unpaired) electrons. The van der Waals surface area contributed by atoms with Crippen molar-refractivity contribution in [2.45, 2.75) is 12.8 Å². The lowest BCUT2D eigenvalue weighted by molar-refractivity contribution is 0.0982. The van der Waals surface area contributed by atoms with Crippen molar-refractivity contribution in [1.82, 2.24) is 15.0 Å². The van der Waals surface area contributed by atoms with Crippen molar-refractivity contribution in [3.05, 3.63) is 65.1 Å². The molecule has 30 heavy (non-hydrogen) atoms. The first-order valence-corrected chi connectivity index (χ1v) is 9.87. The number of aromatic amines is 1. The molecule has 0 fully saturated rings. The second-order valence-electron chi connectivity index (χ2n) is 7.19. The number of aromatic nitrogens is 3. The molecule has 0 spiro atoms. The lowest BCUT2D eigenvalue weighted by atomic mass is 9.96. The maximum absolute atomic E-state index is 13.1. The minimum Gasteiger partial charge on any atom is -0.508 e. The van der Waals surface area contributed by atoms with Crippen LogP contribution in [-0.2, 0) is 6.42 Å². The lowest BCUT2D eigenvalue weighted by Gasteiger charge is -2.30. The monoisotopic (exact) mass is 420 g/mol. The van der Waals surface area contributed by atoms with Gasteiger partial charge in [-0.05, 0) is 60.3 Å². The number of rotatable bonds is 2. The first kappa shape index (κ1) is 18.4. The molecule has 0 saturated carbocycles. The Hall–Kier alpha value is -3.58. The number of fused-ring (bicyclic) bond motifs is 2. The molecule has 0 bridgehead atoms. The molecule has 5 rings (SSSR count). The number of carbonyl (C=O) groups is 1. The van der Waals surface area contributed by atoms with Gasteiger partial charge in [0.25, 0.3) is 5.91 Å². The fourth-order valence-electron chi connectivity index (χ4n) is 3.94. The summed E-state index contributed by atoms with van der Waals surface area (Å²) >= 11 is 6.10. The average molecular weight is 421 g/mol. The highest BCUT2D eigenvalue weighted by molar-refractivity contribution is 6.28. The van der Waals surface area contributed by atoms with E-state index < -0.39 is 0 Å². The molecule has 7 nitrogen and oxygen atoms in total. The summed E-state index contributed by atoms with van der Waals surface area (Å²) in [6, 6.07) is 11.7. The Morgan fingerprint density at radius 3 is 2.80 bits per heavy atom. The SMILES string of the molecule is O=C(c1ccc(O)cc1O)N1CCCc2cc(-c3nc(Cl)nc4[nH]ccc34)ccc21. The van der Waals surface area contributed by atoms with Crippen LogP contribution in [0.2, 0.25) is 5.28 Å².